The van der Waals surface area contributed by atoms with Crippen LogP contribution in [0.15, 0.2) is 72.8 Å². The second-order valence-corrected chi connectivity index (χ2v) is 9.76. The molecule has 0 aliphatic rings. The van der Waals surface area contributed by atoms with Gasteiger partial charge in [0, 0.05) is 50.1 Å². The predicted octanol–water partition coefficient (Wildman–Crippen LogP) is 8.38. The molecule has 1 radical (unpaired) electrons. The largest absolute Gasteiger partial charge is 0.496 e. The van der Waals surface area contributed by atoms with Crippen LogP contribution in [0.5, 0.6) is 11.5 Å². The molecule has 0 atom stereocenters. The van der Waals surface area contributed by atoms with Crippen molar-refractivity contribution in [2.45, 2.75) is 39.5 Å². The Bertz CT molecular complexity index is 1460. The SMILES string of the molecule is COc1ccccc1-c1cc2ccc3cc(-c4ccccc4OC)c(C(C)C)nc3c2nc1C(C)C.[Cu]. The average Bonchev–Trinajstić information content (AvgIpc) is 2.91. The van der Waals surface area contributed by atoms with Crippen molar-refractivity contribution < 1.29 is 26.5 Å². The van der Waals surface area contributed by atoms with Crippen molar-refractivity contribution in [1.82, 2.24) is 9.97 Å². The topological polar surface area (TPSA) is 44.2 Å². The third-order valence-electron chi connectivity index (χ3n) is 6.72. The number of pyridine rings is 2. The number of benzene rings is 3. The molecule has 5 rings (SSSR count). The van der Waals surface area contributed by atoms with E-state index in [1.165, 1.54) is 0 Å². The van der Waals surface area contributed by atoms with Gasteiger partial charge in [-0.3, -0.25) is 0 Å². The first kappa shape index (κ1) is 26.7. The number of aromatic nitrogens is 2. The van der Waals surface area contributed by atoms with Crippen molar-refractivity contribution in [2.24, 2.45) is 0 Å². The van der Waals surface area contributed by atoms with Crippen molar-refractivity contribution in [3.8, 4) is 33.8 Å². The maximum atomic E-state index is 5.68. The van der Waals surface area contributed by atoms with E-state index in [0.29, 0.717) is 0 Å². The van der Waals surface area contributed by atoms with E-state index in [2.05, 4.69) is 64.1 Å². The molecule has 3 aromatic carbocycles. The van der Waals surface area contributed by atoms with Gasteiger partial charge < -0.3 is 9.47 Å². The molecule has 0 bridgehead atoms. The average molecular weight is 540 g/mol. The van der Waals surface area contributed by atoms with E-state index in [0.717, 1.165) is 66.9 Å². The fraction of sp³-hybridized carbons (Fsp3) is 0.250. The van der Waals surface area contributed by atoms with Crippen molar-refractivity contribution in [3.63, 3.8) is 0 Å². The van der Waals surface area contributed by atoms with Gasteiger partial charge in [0.25, 0.3) is 0 Å². The summed E-state index contributed by atoms with van der Waals surface area (Å²) in [6, 6.07) is 25.1. The molecule has 5 aromatic rings. The van der Waals surface area contributed by atoms with Gasteiger partial charge in [-0.1, -0.05) is 76.2 Å². The Morgan fingerprint density at radius 1 is 0.541 bits per heavy atom. The van der Waals surface area contributed by atoms with Crippen LogP contribution in [0.3, 0.4) is 0 Å². The summed E-state index contributed by atoms with van der Waals surface area (Å²) in [5.41, 5.74) is 8.27. The van der Waals surface area contributed by atoms with Gasteiger partial charge in [-0.25, -0.2) is 9.97 Å². The van der Waals surface area contributed by atoms with Gasteiger partial charge >= 0.3 is 0 Å². The number of hydrogen-bond acceptors (Lipinski definition) is 4. The molecule has 0 saturated carbocycles. The Balaban J connectivity index is 0.00000320. The second kappa shape index (κ2) is 10.9. The standard InChI is InChI=1S/C32H32N2O2.Cu/c1-19(2)29-25(23-11-7-9-13-27(23)35-5)17-21-15-16-22-18-26(24-12-8-10-14-28(24)36-6)30(20(3)4)34-32(22)31(21)33-29;/h7-20H,1-6H3;. The Morgan fingerprint density at radius 2 is 0.919 bits per heavy atom. The minimum atomic E-state index is 0. The zero-order valence-corrected chi connectivity index (χ0v) is 23.0. The van der Waals surface area contributed by atoms with E-state index in [1.54, 1.807) is 14.2 Å². The molecule has 4 nitrogen and oxygen atoms in total. The van der Waals surface area contributed by atoms with Crippen LogP contribution < -0.4 is 9.47 Å². The summed E-state index contributed by atoms with van der Waals surface area (Å²) in [5, 5.41) is 2.14. The molecule has 2 aromatic heterocycles. The minimum Gasteiger partial charge on any atom is -0.496 e. The van der Waals surface area contributed by atoms with E-state index in [1.807, 2.05) is 36.4 Å². The fourth-order valence-corrected chi connectivity index (χ4v) is 4.95. The zero-order valence-electron chi connectivity index (χ0n) is 22.1. The number of ether oxygens (including phenoxy) is 2. The fourth-order valence-electron chi connectivity index (χ4n) is 4.95. The van der Waals surface area contributed by atoms with Crippen LogP contribution in [0.1, 0.15) is 50.9 Å². The molecule has 5 heteroatoms. The Hall–Kier alpha value is -3.40. The van der Waals surface area contributed by atoms with Crippen LogP contribution in [0.25, 0.3) is 44.1 Å². The summed E-state index contributed by atoms with van der Waals surface area (Å²) in [5.74, 6) is 2.18. The molecule has 193 valence electrons. The van der Waals surface area contributed by atoms with Crippen LogP contribution in [0, 0.1) is 0 Å². The molecule has 37 heavy (non-hydrogen) atoms. The first-order valence-electron chi connectivity index (χ1n) is 12.5. The molecule has 0 unspecified atom stereocenters. The summed E-state index contributed by atoms with van der Waals surface area (Å²) >= 11 is 0. The third kappa shape index (κ3) is 4.82. The van der Waals surface area contributed by atoms with Crippen molar-refractivity contribution >= 4 is 21.8 Å². The quantitative estimate of drug-likeness (QED) is 0.160. The number of rotatable bonds is 6. The number of hydrogen-bond donors (Lipinski definition) is 0. The van der Waals surface area contributed by atoms with E-state index in [9.17, 15) is 0 Å². The smallest absolute Gasteiger partial charge is 0.126 e. The molecule has 0 aliphatic carbocycles. The summed E-state index contributed by atoms with van der Waals surface area (Å²) in [4.78, 5) is 10.5. The van der Waals surface area contributed by atoms with Crippen LogP contribution in [-0.4, -0.2) is 24.2 Å². The maximum absolute atomic E-state index is 5.68. The van der Waals surface area contributed by atoms with Gasteiger partial charge in [0.05, 0.1) is 36.6 Å². The Kier molecular flexibility index (Phi) is 7.87. The number of fused-ring (bicyclic) bond motifs is 3. The molecular formula is C32H32CuN2O2. The summed E-state index contributed by atoms with van der Waals surface area (Å²) in [7, 11) is 3.43. The number of para-hydroxylation sites is 2. The van der Waals surface area contributed by atoms with Gasteiger partial charge in [0.2, 0.25) is 0 Å². The second-order valence-electron chi connectivity index (χ2n) is 9.76. The van der Waals surface area contributed by atoms with Crippen LogP contribution >= 0.6 is 0 Å². The Morgan fingerprint density at radius 3 is 1.27 bits per heavy atom. The summed E-state index contributed by atoms with van der Waals surface area (Å²) in [6.45, 7) is 8.74. The first-order chi connectivity index (χ1) is 17.4. The minimum absolute atomic E-state index is 0. The summed E-state index contributed by atoms with van der Waals surface area (Å²) < 4.78 is 11.4. The zero-order chi connectivity index (χ0) is 25.4. The van der Waals surface area contributed by atoms with Gasteiger partial charge in [-0.15, -0.1) is 0 Å². The monoisotopic (exact) mass is 539 g/mol. The van der Waals surface area contributed by atoms with Crippen LogP contribution in [-0.2, 0) is 17.1 Å². The molecule has 0 aliphatic heterocycles. The van der Waals surface area contributed by atoms with Gasteiger partial charge in [0.1, 0.15) is 11.5 Å². The van der Waals surface area contributed by atoms with Gasteiger partial charge in [-0.05, 0) is 36.1 Å². The molecule has 0 N–H and O–H groups in total. The predicted molar refractivity (Wildman–Crippen MR) is 149 cm³/mol. The first-order valence-corrected chi connectivity index (χ1v) is 12.5. The van der Waals surface area contributed by atoms with E-state index in [-0.39, 0.29) is 28.9 Å². The van der Waals surface area contributed by atoms with E-state index in [4.69, 9.17) is 19.4 Å². The summed E-state index contributed by atoms with van der Waals surface area (Å²) in [6.07, 6.45) is 0. The van der Waals surface area contributed by atoms with E-state index < -0.39 is 0 Å². The molecule has 0 fully saturated rings. The molecule has 0 spiro atoms. The van der Waals surface area contributed by atoms with E-state index >= 15 is 0 Å². The maximum Gasteiger partial charge on any atom is 0.126 e. The Labute approximate surface area is 229 Å². The van der Waals surface area contributed by atoms with Crippen LogP contribution in [0.4, 0.5) is 0 Å². The molecule has 2 heterocycles. The normalized spacial score (nSPS) is 11.2. The number of nitrogens with zero attached hydrogens (tertiary/aromatic N) is 2. The number of methoxy groups -OCH3 is 2. The molecule has 0 saturated heterocycles. The van der Waals surface area contributed by atoms with Crippen molar-refractivity contribution in [3.05, 3.63) is 84.2 Å². The molecular weight excluding hydrogens is 508 g/mol. The molecule has 0 amide bonds. The van der Waals surface area contributed by atoms with Crippen molar-refractivity contribution in [2.75, 3.05) is 14.2 Å². The third-order valence-corrected chi connectivity index (χ3v) is 6.72. The van der Waals surface area contributed by atoms with Crippen molar-refractivity contribution in [1.29, 1.82) is 0 Å². The van der Waals surface area contributed by atoms with Crippen LogP contribution in [0.2, 0.25) is 0 Å². The van der Waals surface area contributed by atoms with Gasteiger partial charge in [-0.2, -0.15) is 0 Å². The van der Waals surface area contributed by atoms with Gasteiger partial charge in [0.15, 0.2) is 0 Å².